The highest BCUT2D eigenvalue weighted by atomic mass is 33.1. The second-order valence-corrected chi connectivity index (χ2v) is 4.30. The predicted molar refractivity (Wildman–Crippen MR) is 42.1 cm³/mol. The van der Waals surface area contributed by atoms with Crippen molar-refractivity contribution < 1.29 is 4.74 Å². The van der Waals surface area contributed by atoms with Gasteiger partial charge in [-0.15, -0.1) is 0 Å². The van der Waals surface area contributed by atoms with Crippen LogP contribution in [0.3, 0.4) is 0 Å². The van der Waals surface area contributed by atoms with E-state index in [1.165, 1.54) is 4.91 Å². The van der Waals surface area contributed by atoms with Crippen molar-refractivity contribution >= 4 is 21.6 Å². The molecule has 2 aliphatic rings. The molecule has 0 radical (unpaired) electrons. The third-order valence-electron chi connectivity index (χ3n) is 1.27. The number of ether oxygens (including phenoxy) is 1. The van der Waals surface area contributed by atoms with Crippen LogP contribution >= 0.6 is 21.6 Å². The molecule has 1 fully saturated rings. The van der Waals surface area contributed by atoms with Crippen molar-refractivity contribution in [3.63, 3.8) is 0 Å². The molecule has 1 unspecified atom stereocenters. The van der Waals surface area contributed by atoms with Gasteiger partial charge in [0.1, 0.15) is 6.10 Å². The highest BCUT2D eigenvalue weighted by Gasteiger charge is 2.23. The van der Waals surface area contributed by atoms with Crippen LogP contribution in [0.15, 0.2) is 23.3 Å². The van der Waals surface area contributed by atoms with E-state index >= 15 is 0 Å². The van der Waals surface area contributed by atoms with Gasteiger partial charge in [-0.05, 0) is 12.2 Å². The van der Waals surface area contributed by atoms with Gasteiger partial charge in [0.15, 0.2) is 0 Å². The first-order valence-electron chi connectivity index (χ1n) is 2.78. The summed E-state index contributed by atoms with van der Waals surface area (Å²) in [6.45, 7) is 0. The molecule has 0 bridgehead atoms. The lowest BCUT2D eigenvalue weighted by atomic mass is 10.3. The first-order chi connectivity index (χ1) is 4.47. The molecule has 1 atom stereocenters. The van der Waals surface area contributed by atoms with Crippen LogP contribution in [0.5, 0.6) is 0 Å². The van der Waals surface area contributed by atoms with Gasteiger partial charge in [0.2, 0.25) is 0 Å². The van der Waals surface area contributed by atoms with E-state index in [4.69, 9.17) is 4.74 Å². The molecule has 1 saturated heterocycles. The summed E-state index contributed by atoms with van der Waals surface area (Å²) in [5.41, 5.74) is 0. The molecule has 2 rings (SSSR count). The predicted octanol–water partition coefficient (Wildman–Crippen LogP) is 2.18. The van der Waals surface area contributed by atoms with Gasteiger partial charge in [0.05, 0.1) is 6.26 Å². The van der Waals surface area contributed by atoms with E-state index in [1.54, 1.807) is 6.26 Å². The van der Waals surface area contributed by atoms with Crippen molar-refractivity contribution in [1.82, 2.24) is 0 Å². The van der Waals surface area contributed by atoms with E-state index in [0.29, 0.717) is 6.10 Å². The first kappa shape index (κ1) is 5.74. The third-order valence-corrected chi connectivity index (χ3v) is 3.76. The van der Waals surface area contributed by atoms with E-state index in [1.807, 2.05) is 27.7 Å². The Bertz CT molecular complexity index is 174. The summed E-state index contributed by atoms with van der Waals surface area (Å²) in [6.07, 6.45) is 6.20. The fourth-order valence-electron chi connectivity index (χ4n) is 0.815. The van der Waals surface area contributed by atoms with E-state index < -0.39 is 0 Å². The quantitative estimate of drug-likeness (QED) is 0.500. The maximum absolute atomic E-state index is 5.31. The van der Waals surface area contributed by atoms with Crippen molar-refractivity contribution in [2.24, 2.45) is 0 Å². The molecule has 0 aromatic rings. The van der Waals surface area contributed by atoms with Gasteiger partial charge in [-0.3, -0.25) is 0 Å². The molecule has 0 amide bonds. The molecule has 1 nitrogen and oxygen atoms in total. The van der Waals surface area contributed by atoms with Crippen molar-refractivity contribution in [1.29, 1.82) is 0 Å². The topological polar surface area (TPSA) is 9.23 Å². The molecule has 0 aliphatic carbocycles. The Labute approximate surface area is 61.9 Å². The molecule has 3 heteroatoms. The van der Waals surface area contributed by atoms with E-state index in [2.05, 4.69) is 6.08 Å². The Morgan fingerprint density at radius 1 is 1.67 bits per heavy atom. The normalized spacial score (nSPS) is 31.1. The van der Waals surface area contributed by atoms with Crippen LogP contribution in [0.1, 0.15) is 0 Å². The van der Waals surface area contributed by atoms with E-state index in [0.717, 1.165) is 5.75 Å². The molecule has 48 valence electrons. The van der Waals surface area contributed by atoms with Gasteiger partial charge in [-0.2, -0.15) is 0 Å². The first-order valence-corrected chi connectivity index (χ1v) is 5.10. The van der Waals surface area contributed by atoms with Crippen molar-refractivity contribution in [3.05, 3.63) is 23.3 Å². The second-order valence-electron chi connectivity index (χ2n) is 1.89. The summed E-state index contributed by atoms with van der Waals surface area (Å²) < 4.78 is 5.31. The van der Waals surface area contributed by atoms with Gasteiger partial charge < -0.3 is 4.74 Å². The van der Waals surface area contributed by atoms with Crippen LogP contribution in [-0.2, 0) is 4.74 Å². The van der Waals surface area contributed by atoms with Crippen molar-refractivity contribution in [2.45, 2.75) is 6.10 Å². The highest BCUT2D eigenvalue weighted by molar-refractivity contribution is 8.78. The Balaban J connectivity index is 2.23. The lowest BCUT2D eigenvalue weighted by Gasteiger charge is -2.11. The standard InChI is InChI=1S/C6H6OS2/c1-2-6-5(7-3-1)4-8-9-6/h1-3,5H,4H2. The van der Waals surface area contributed by atoms with Crippen LogP contribution in [-0.4, -0.2) is 11.9 Å². The fourth-order valence-corrected chi connectivity index (χ4v) is 3.36. The minimum Gasteiger partial charge on any atom is -0.492 e. The van der Waals surface area contributed by atoms with Gasteiger partial charge in [0.25, 0.3) is 0 Å². The molecule has 0 N–H and O–H groups in total. The molecule has 0 saturated carbocycles. The van der Waals surface area contributed by atoms with Gasteiger partial charge >= 0.3 is 0 Å². The van der Waals surface area contributed by atoms with Crippen LogP contribution in [0, 0.1) is 0 Å². The monoisotopic (exact) mass is 158 g/mol. The summed E-state index contributed by atoms with van der Waals surface area (Å²) in [5.74, 6) is 1.10. The average Bonchev–Trinajstić information content (AvgIpc) is 2.33. The Morgan fingerprint density at radius 3 is 3.56 bits per heavy atom. The van der Waals surface area contributed by atoms with Gasteiger partial charge in [-0.1, -0.05) is 21.6 Å². The van der Waals surface area contributed by atoms with Gasteiger partial charge in [0, 0.05) is 10.7 Å². The third kappa shape index (κ3) is 0.990. The minimum atomic E-state index is 0.366. The molecular weight excluding hydrogens is 152 g/mol. The molecular formula is C6H6OS2. The highest BCUT2D eigenvalue weighted by Crippen LogP contribution is 2.43. The molecule has 0 spiro atoms. The zero-order valence-corrected chi connectivity index (χ0v) is 6.37. The molecule has 2 heterocycles. The zero-order chi connectivity index (χ0) is 6.10. The maximum atomic E-state index is 5.31. The maximum Gasteiger partial charge on any atom is 0.139 e. The second kappa shape index (κ2) is 2.31. The number of fused-ring (bicyclic) bond motifs is 1. The summed E-state index contributed by atoms with van der Waals surface area (Å²) in [4.78, 5) is 1.36. The van der Waals surface area contributed by atoms with Crippen LogP contribution < -0.4 is 0 Å². The van der Waals surface area contributed by atoms with Crippen LogP contribution in [0.2, 0.25) is 0 Å². The zero-order valence-electron chi connectivity index (χ0n) is 4.74. The summed E-state index contributed by atoms with van der Waals surface area (Å²) in [7, 11) is 3.69. The van der Waals surface area contributed by atoms with Crippen molar-refractivity contribution in [3.8, 4) is 0 Å². The van der Waals surface area contributed by atoms with Crippen molar-refractivity contribution in [2.75, 3.05) is 5.75 Å². The Morgan fingerprint density at radius 2 is 2.67 bits per heavy atom. The average molecular weight is 158 g/mol. The molecule has 2 aliphatic heterocycles. The SMILES string of the molecule is C1=COC2CSSC2=C1. The number of allylic oxidation sites excluding steroid dienone is 2. The summed E-state index contributed by atoms with van der Waals surface area (Å²) in [5, 5.41) is 0. The lowest BCUT2D eigenvalue weighted by Crippen LogP contribution is -2.10. The Hall–Kier alpha value is -0.0200. The van der Waals surface area contributed by atoms with Gasteiger partial charge in [-0.25, -0.2) is 0 Å². The number of hydrogen-bond acceptors (Lipinski definition) is 3. The smallest absolute Gasteiger partial charge is 0.139 e. The molecule has 0 aromatic carbocycles. The minimum absolute atomic E-state index is 0.366. The van der Waals surface area contributed by atoms with Crippen LogP contribution in [0.4, 0.5) is 0 Å². The summed E-state index contributed by atoms with van der Waals surface area (Å²) in [6, 6.07) is 0. The number of hydrogen-bond donors (Lipinski definition) is 0. The fraction of sp³-hybridized carbons (Fsp3) is 0.333. The Kier molecular flexibility index (Phi) is 1.47. The van der Waals surface area contributed by atoms with E-state index in [-0.39, 0.29) is 0 Å². The van der Waals surface area contributed by atoms with E-state index in [9.17, 15) is 0 Å². The molecule has 0 aromatic heterocycles. The molecule has 9 heavy (non-hydrogen) atoms. The number of rotatable bonds is 0. The summed E-state index contributed by atoms with van der Waals surface area (Å²) >= 11 is 0. The van der Waals surface area contributed by atoms with Crippen LogP contribution in [0.25, 0.3) is 0 Å². The largest absolute Gasteiger partial charge is 0.492 e. The lowest BCUT2D eigenvalue weighted by molar-refractivity contribution is 0.202.